The first kappa shape index (κ1) is 16.1. The lowest BCUT2D eigenvalue weighted by Crippen LogP contribution is -2.28. The van der Waals surface area contributed by atoms with E-state index in [0.29, 0.717) is 6.61 Å². The van der Waals surface area contributed by atoms with Crippen LogP contribution < -0.4 is 4.74 Å². The van der Waals surface area contributed by atoms with Crippen LogP contribution in [-0.4, -0.2) is 10.1 Å². The fourth-order valence-corrected chi connectivity index (χ4v) is 3.63. The van der Waals surface area contributed by atoms with Crippen LogP contribution in [0.25, 0.3) is 10.9 Å². The van der Waals surface area contributed by atoms with E-state index < -0.39 is 5.60 Å². The lowest BCUT2D eigenvalue weighted by atomic mass is 9.80. The maximum absolute atomic E-state index is 10.8. The molecule has 3 nitrogen and oxygen atoms in total. The van der Waals surface area contributed by atoms with E-state index in [0.717, 1.165) is 53.6 Å². The van der Waals surface area contributed by atoms with Gasteiger partial charge in [0.15, 0.2) is 0 Å². The van der Waals surface area contributed by atoms with E-state index >= 15 is 0 Å². The number of benzene rings is 2. The first-order valence-corrected chi connectivity index (χ1v) is 9.03. The van der Waals surface area contributed by atoms with Gasteiger partial charge in [-0.25, -0.2) is 4.98 Å². The number of aliphatic hydroxyl groups is 1. The molecule has 4 rings (SSSR count). The molecule has 2 aromatic carbocycles. The number of para-hydroxylation sites is 1. The van der Waals surface area contributed by atoms with Crippen molar-refractivity contribution in [3.8, 4) is 5.75 Å². The minimum absolute atomic E-state index is 0.439. The molecule has 1 aliphatic rings. The van der Waals surface area contributed by atoms with Crippen molar-refractivity contribution < 1.29 is 9.84 Å². The maximum atomic E-state index is 10.8. The van der Waals surface area contributed by atoms with Gasteiger partial charge >= 0.3 is 0 Å². The molecule has 1 saturated carbocycles. The molecule has 0 amide bonds. The minimum atomic E-state index is -0.656. The molecule has 3 heteroatoms. The molecule has 0 saturated heterocycles. The highest BCUT2D eigenvalue weighted by atomic mass is 16.5. The summed E-state index contributed by atoms with van der Waals surface area (Å²) in [5, 5.41) is 11.9. The molecule has 0 spiro atoms. The Balaban J connectivity index is 1.44. The van der Waals surface area contributed by atoms with Crippen LogP contribution >= 0.6 is 0 Å². The molecule has 1 aromatic heterocycles. The Morgan fingerprint density at radius 2 is 1.64 bits per heavy atom. The standard InChI is InChI=1S/C22H23NO2/c24-22(14-4-1-5-15-22)18-9-12-20(13-10-18)25-16-19-11-8-17-6-2-3-7-21(17)23-19/h2-3,6-13,24H,1,4-5,14-16H2. The lowest BCUT2D eigenvalue weighted by Gasteiger charge is -2.32. The molecule has 1 heterocycles. The number of hydrogen-bond donors (Lipinski definition) is 1. The second-order valence-corrected chi connectivity index (χ2v) is 6.90. The Bertz CT molecular complexity index is 851. The molecule has 1 fully saturated rings. The van der Waals surface area contributed by atoms with Crippen LogP contribution in [0.4, 0.5) is 0 Å². The molecule has 1 N–H and O–H groups in total. The first-order valence-electron chi connectivity index (χ1n) is 9.03. The van der Waals surface area contributed by atoms with Gasteiger partial charge in [-0.3, -0.25) is 0 Å². The normalized spacial score (nSPS) is 16.7. The van der Waals surface area contributed by atoms with Gasteiger partial charge in [0.05, 0.1) is 16.8 Å². The molecule has 25 heavy (non-hydrogen) atoms. The second-order valence-electron chi connectivity index (χ2n) is 6.90. The van der Waals surface area contributed by atoms with Gasteiger partial charge in [-0.05, 0) is 42.7 Å². The summed E-state index contributed by atoms with van der Waals surface area (Å²) < 4.78 is 5.87. The summed E-state index contributed by atoms with van der Waals surface area (Å²) in [4.78, 5) is 4.63. The highest BCUT2D eigenvalue weighted by Crippen LogP contribution is 2.37. The first-order chi connectivity index (χ1) is 12.2. The zero-order valence-corrected chi connectivity index (χ0v) is 14.3. The lowest BCUT2D eigenvalue weighted by molar-refractivity contribution is -0.000665. The predicted molar refractivity (Wildman–Crippen MR) is 99.5 cm³/mol. The highest BCUT2D eigenvalue weighted by molar-refractivity contribution is 5.78. The number of nitrogens with zero attached hydrogens (tertiary/aromatic N) is 1. The summed E-state index contributed by atoms with van der Waals surface area (Å²) in [6.07, 6.45) is 5.13. The summed E-state index contributed by atoms with van der Waals surface area (Å²) in [6, 6.07) is 20.0. The van der Waals surface area contributed by atoms with Crippen LogP contribution in [0, 0.1) is 0 Å². The van der Waals surface area contributed by atoms with Crippen molar-refractivity contribution >= 4 is 10.9 Å². The Labute approximate surface area is 148 Å². The van der Waals surface area contributed by atoms with Gasteiger partial charge in [0.25, 0.3) is 0 Å². The number of pyridine rings is 1. The third kappa shape index (κ3) is 3.52. The SMILES string of the molecule is OC1(c2ccc(OCc3ccc4ccccc4n3)cc2)CCCCC1. The van der Waals surface area contributed by atoms with E-state index in [9.17, 15) is 5.11 Å². The number of ether oxygens (including phenoxy) is 1. The Hall–Kier alpha value is -2.39. The average molecular weight is 333 g/mol. The Morgan fingerprint density at radius 1 is 0.880 bits per heavy atom. The van der Waals surface area contributed by atoms with E-state index in [4.69, 9.17) is 4.74 Å². The van der Waals surface area contributed by atoms with E-state index in [1.54, 1.807) is 0 Å². The molecule has 128 valence electrons. The summed E-state index contributed by atoms with van der Waals surface area (Å²) in [7, 11) is 0. The molecule has 3 aromatic rings. The summed E-state index contributed by atoms with van der Waals surface area (Å²) >= 11 is 0. The third-order valence-electron chi connectivity index (χ3n) is 5.12. The van der Waals surface area contributed by atoms with Crippen LogP contribution in [0.1, 0.15) is 43.4 Å². The Kier molecular flexibility index (Phi) is 4.41. The molecular formula is C22H23NO2. The van der Waals surface area contributed by atoms with E-state index in [2.05, 4.69) is 17.1 Å². The van der Waals surface area contributed by atoms with Crippen LogP contribution in [0.15, 0.2) is 60.7 Å². The largest absolute Gasteiger partial charge is 0.487 e. The van der Waals surface area contributed by atoms with Gasteiger partial charge < -0.3 is 9.84 Å². The van der Waals surface area contributed by atoms with Gasteiger partial charge in [-0.1, -0.05) is 55.7 Å². The van der Waals surface area contributed by atoms with E-state index in [1.807, 2.05) is 48.5 Å². The number of fused-ring (bicyclic) bond motifs is 1. The van der Waals surface area contributed by atoms with Crippen molar-refractivity contribution in [2.45, 2.75) is 44.3 Å². The topological polar surface area (TPSA) is 42.4 Å². The Morgan fingerprint density at radius 3 is 2.44 bits per heavy atom. The number of aromatic nitrogens is 1. The molecule has 1 aliphatic carbocycles. The minimum Gasteiger partial charge on any atom is -0.487 e. The smallest absolute Gasteiger partial charge is 0.130 e. The van der Waals surface area contributed by atoms with E-state index in [-0.39, 0.29) is 0 Å². The van der Waals surface area contributed by atoms with Crippen molar-refractivity contribution in [3.63, 3.8) is 0 Å². The zero-order chi connectivity index (χ0) is 17.1. The fraction of sp³-hybridized carbons (Fsp3) is 0.318. The van der Waals surface area contributed by atoms with Crippen molar-refractivity contribution in [3.05, 3.63) is 71.9 Å². The summed E-state index contributed by atoms with van der Waals surface area (Å²) in [6.45, 7) is 0.439. The maximum Gasteiger partial charge on any atom is 0.130 e. The number of rotatable bonds is 4. The second kappa shape index (κ2) is 6.85. The zero-order valence-electron chi connectivity index (χ0n) is 14.3. The molecular weight excluding hydrogens is 310 g/mol. The van der Waals surface area contributed by atoms with Gasteiger partial charge in [-0.2, -0.15) is 0 Å². The summed E-state index contributed by atoms with van der Waals surface area (Å²) in [5.74, 6) is 0.804. The fourth-order valence-electron chi connectivity index (χ4n) is 3.63. The van der Waals surface area contributed by atoms with Crippen molar-refractivity contribution in [2.24, 2.45) is 0 Å². The molecule has 0 radical (unpaired) electrons. The molecule has 0 unspecified atom stereocenters. The van der Waals surface area contributed by atoms with E-state index in [1.165, 1.54) is 6.42 Å². The van der Waals surface area contributed by atoms with Crippen molar-refractivity contribution in [2.75, 3.05) is 0 Å². The van der Waals surface area contributed by atoms with Crippen molar-refractivity contribution in [1.29, 1.82) is 0 Å². The summed E-state index contributed by atoms with van der Waals surface area (Å²) in [5.41, 5.74) is 2.24. The average Bonchev–Trinajstić information content (AvgIpc) is 2.67. The highest BCUT2D eigenvalue weighted by Gasteiger charge is 2.30. The van der Waals surface area contributed by atoms with Crippen LogP contribution in [-0.2, 0) is 12.2 Å². The quantitative estimate of drug-likeness (QED) is 0.733. The number of hydrogen-bond acceptors (Lipinski definition) is 3. The third-order valence-corrected chi connectivity index (χ3v) is 5.12. The predicted octanol–water partition coefficient (Wildman–Crippen LogP) is 4.97. The monoisotopic (exact) mass is 333 g/mol. The van der Waals surface area contributed by atoms with Gasteiger partial charge in [-0.15, -0.1) is 0 Å². The molecule has 0 atom stereocenters. The van der Waals surface area contributed by atoms with Gasteiger partial charge in [0, 0.05) is 5.39 Å². The molecule has 0 aliphatic heterocycles. The molecule has 0 bridgehead atoms. The van der Waals surface area contributed by atoms with Crippen LogP contribution in [0.5, 0.6) is 5.75 Å². The van der Waals surface area contributed by atoms with Crippen molar-refractivity contribution in [1.82, 2.24) is 4.98 Å². The van der Waals surface area contributed by atoms with Gasteiger partial charge in [0.2, 0.25) is 0 Å². The van der Waals surface area contributed by atoms with Gasteiger partial charge in [0.1, 0.15) is 12.4 Å². The van der Waals surface area contributed by atoms with Crippen LogP contribution in [0.3, 0.4) is 0 Å². The van der Waals surface area contributed by atoms with Crippen LogP contribution in [0.2, 0.25) is 0 Å².